The fourth-order valence-electron chi connectivity index (χ4n) is 3.83. The van der Waals surface area contributed by atoms with Gasteiger partial charge in [-0.1, -0.05) is 38.1 Å². The van der Waals surface area contributed by atoms with Gasteiger partial charge in [0.15, 0.2) is 0 Å². The van der Waals surface area contributed by atoms with Gasteiger partial charge in [-0.3, -0.25) is 4.79 Å². The Morgan fingerprint density at radius 3 is 2.58 bits per heavy atom. The highest BCUT2D eigenvalue weighted by Gasteiger charge is 2.30. The van der Waals surface area contributed by atoms with Gasteiger partial charge in [0.05, 0.1) is 23.5 Å². The standard InChI is InChI=1S/C26H30FN3O3/c1-18(2)25-23(16-29(15-19-12-13-19)24(31)17-32-3)26(33-22-11-7-8-20(27)14-22)30(28-25)21-9-5-4-6-10-21/h4-11,14,18-19H,12-13,15-17H2,1-3H3. The van der Waals surface area contributed by atoms with Crippen LogP contribution in [0.2, 0.25) is 0 Å². The van der Waals surface area contributed by atoms with Crippen molar-refractivity contribution in [1.82, 2.24) is 14.7 Å². The molecule has 2 aromatic carbocycles. The molecular weight excluding hydrogens is 421 g/mol. The summed E-state index contributed by atoms with van der Waals surface area (Å²) in [6.07, 6.45) is 2.26. The maximum Gasteiger partial charge on any atom is 0.248 e. The lowest BCUT2D eigenvalue weighted by Crippen LogP contribution is -2.35. The minimum Gasteiger partial charge on any atom is -0.438 e. The molecule has 0 saturated heterocycles. The van der Waals surface area contributed by atoms with E-state index in [-0.39, 0.29) is 24.2 Å². The van der Waals surface area contributed by atoms with Crippen molar-refractivity contribution in [3.05, 3.63) is 71.7 Å². The number of para-hydroxylation sites is 1. The number of carbonyl (C=O) groups excluding carboxylic acids is 1. The van der Waals surface area contributed by atoms with Gasteiger partial charge in [-0.2, -0.15) is 5.10 Å². The predicted octanol–water partition coefficient (Wildman–Crippen LogP) is 5.31. The van der Waals surface area contributed by atoms with Crippen molar-refractivity contribution >= 4 is 5.91 Å². The van der Waals surface area contributed by atoms with Gasteiger partial charge < -0.3 is 14.4 Å². The number of hydrogen-bond donors (Lipinski definition) is 0. The van der Waals surface area contributed by atoms with Gasteiger partial charge in [0, 0.05) is 19.7 Å². The Bertz CT molecular complexity index is 1090. The molecule has 0 aliphatic heterocycles. The number of methoxy groups -OCH3 is 1. The number of nitrogens with zero attached hydrogens (tertiary/aromatic N) is 3. The Hall–Kier alpha value is -3.19. The summed E-state index contributed by atoms with van der Waals surface area (Å²) in [5.74, 6) is 1.03. The van der Waals surface area contributed by atoms with Gasteiger partial charge in [-0.15, -0.1) is 0 Å². The van der Waals surface area contributed by atoms with E-state index < -0.39 is 0 Å². The van der Waals surface area contributed by atoms with Crippen LogP contribution in [0.1, 0.15) is 43.9 Å². The van der Waals surface area contributed by atoms with Crippen LogP contribution in [-0.2, 0) is 16.1 Å². The molecule has 3 aromatic rings. The molecule has 0 bridgehead atoms. The molecule has 0 N–H and O–H groups in total. The number of halogens is 1. The number of amides is 1. The van der Waals surface area contributed by atoms with Crippen molar-refractivity contribution in [2.75, 3.05) is 20.3 Å². The summed E-state index contributed by atoms with van der Waals surface area (Å²) in [4.78, 5) is 14.7. The third-order valence-corrected chi connectivity index (χ3v) is 5.67. The number of aromatic nitrogens is 2. The summed E-state index contributed by atoms with van der Waals surface area (Å²) in [6, 6.07) is 15.7. The minimum absolute atomic E-state index is 0.0244. The van der Waals surface area contributed by atoms with Gasteiger partial charge in [-0.05, 0) is 48.9 Å². The second kappa shape index (κ2) is 10.2. The molecule has 174 valence electrons. The van der Waals surface area contributed by atoms with Crippen molar-refractivity contribution in [3.8, 4) is 17.3 Å². The quantitative estimate of drug-likeness (QED) is 0.419. The zero-order valence-electron chi connectivity index (χ0n) is 19.3. The van der Waals surface area contributed by atoms with E-state index in [0.717, 1.165) is 29.8 Å². The molecule has 0 spiro atoms. The molecular formula is C26H30FN3O3. The van der Waals surface area contributed by atoms with Crippen LogP contribution in [-0.4, -0.2) is 40.8 Å². The van der Waals surface area contributed by atoms with Gasteiger partial charge >= 0.3 is 0 Å². The highest BCUT2D eigenvalue weighted by Crippen LogP contribution is 2.36. The maximum atomic E-state index is 13.9. The van der Waals surface area contributed by atoms with E-state index >= 15 is 0 Å². The summed E-state index contributed by atoms with van der Waals surface area (Å²) in [6.45, 7) is 5.18. The van der Waals surface area contributed by atoms with E-state index in [0.29, 0.717) is 30.6 Å². The number of hydrogen-bond acceptors (Lipinski definition) is 4. The molecule has 0 atom stereocenters. The SMILES string of the molecule is COCC(=O)N(Cc1c(C(C)C)nn(-c2ccccc2)c1Oc1cccc(F)c1)CC1CC1. The summed E-state index contributed by atoms with van der Waals surface area (Å²) in [5.41, 5.74) is 2.49. The number of benzene rings is 2. The van der Waals surface area contributed by atoms with E-state index in [1.54, 1.807) is 16.8 Å². The average Bonchev–Trinajstić information content (AvgIpc) is 3.55. The molecule has 1 saturated carbocycles. The predicted molar refractivity (Wildman–Crippen MR) is 124 cm³/mol. The first-order valence-electron chi connectivity index (χ1n) is 11.3. The first-order chi connectivity index (χ1) is 16.0. The molecule has 1 aliphatic carbocycles. The zero-order valence-corrected chi connectivity index (χ0v) is 19.3. The van der Waals surface area contributed by atoms with E-state index in [1.807, 2.05) is 35.2 Å². The molecule has 1 aliphatic rings. The molecule has 6 nitrogen and oxygen atoms in total. The van der Waals surface area contributed by atoms with Crippen LogP contribution in [0.15, 0.2) is 54.6 Å². The second-order valence-corrected chi connectivity index (χ2v) is 8.78. The van der Waals surface area contributed by atoms with Gasteiger partial charge in [-0.25, -0.2) is 9.07 Å². The first kappa shape index (κ1) is 23.0. The fraction of sp³-hybridized carbons (Fsp3) is 0.385. The topological polar surface area (TPSA) is 56.6 Å². The summed E-state index contributed by atoms with van der Waals surface area (Å²) in [5, 5.41) is 4.88. The zero-order chi connectivity index (χ0) is 23.4. The summed E-state index contributed by atoms with van der Waals surface area (Å²) in [7, 11) is 1.53. The smallest absolute Gasteiger partial charge is 0.248 e. The van der Waals surface area contributed by atoms with E-state index in [2.05, 4.69) is 13.8 Å². The number of carbonyl (C=O) groups is 1. The maximum absolute atomic E-state index is 13.9. The van der Waals surface area contributed by atoms with Crippen LogP contribution in [0.4, 0.5) is 4.39 Å². The van der Waals surface area contributed by atoms with Crippen molar-refractivity contribution in [1.29, 1.82) is 0 Å². The molecule has 7 heteroatoms. The van der Waals surface area contributed by atoms with E-state index in [1.165, 1.54) is 19.2 Å². The molecule has 33 heavy (non-hydrogen) atoms. The lowest BCUT2D eigenvalue weighted by atomic mass is 10.1. The van der Waals surface area contributed by atoms with Crippen LogP contribution in [0.3, 0.4) is 0 Å². The van der Waals surface area contributed by atoms with Gasteiger partial charge in [0.25, 0.3) is 0 Å². The molecule has 1 amide bonds. The van der Waals surface area contributed by atoms with Crippen LogP contribution < -0.4 is 4.74 Å². The molecule has 4 rings (SSSR count). The fourth-order valence-corrected chi connectivity index (χ4v) is 3.83. The summed E-state index contributed by atoms with van der Waals surface area (Å²) >= 11 is 0. The van der Waals surface area contributed by atoms with E-state index in [4.69, 9.17) is 14.6 Å². The van der Waals surface area contributed by atoms with Crippen molar-refractivity contribution < 1.29 is 18.7 Å². The highest BCUT2D eigenvalue weighted by molar-refractivity contribution is 5.77. The second-order valence-electron chi connectivity index (χ2n) is 8.78. The molecule has 1 aromatic heterocycles. The van der Waals surface area contributed by atoms with E-state index in [9.17, 15) is 9.18 Å². The molecule has 1 heterocycles. The Morgan fingerprint density at radius 2 is 1.94 bits per heavy atom. The largest absolute Gasteiger partial charge is 0.438 e. The van der Waals surface area contributed by atoms with Gasteiger partial charge in [0.2, 0.25) is 11.8 Å². The van der Waals surface area contributed by atoms with Crippen molar-refractivity contribution in [2.24, 2.45) is 5.92 Å². The van der Waals surface area contributed by atoms with Crippen molar-refractivity contribution in [3.63, 3.8) is 0 Å². The highest BCUT2D eigenvalue weighted by atomic mass is 19.1. The lowest BCUT2D eigenvalue weighted by Gasteiger charge is -2.23. The number of rotatable bonds is 10. The Kier molecular flexibility index (Phi) is 7.08. The average molecular weight is 452 g/mol. The summed E-state index contributed by atoms with van der Waals surface area (Å²) < 4.78 is 27.0. The Labute approximate surface area is 193 Å². The van der Waals surface area contributed by atoms with Gasteiger partial charge in [0.1, 0.15) is 18.2 Å². The Morgan fingerprint density at radius 1 is 1.18 bits per heavy atom. The molecule has 0 radical (unpaired) electrons. The third kappa shape index (κ3) is 5.60. The minimum atomic E-state index is -0.380. The van der Waals surface area contributed by atoms with Crippen molar-refractivity contribution in [2.45, 2.75) is 39.2 Å². The lowest BCUT2D eigenvalue weighted by molar-refractivity contribution is -0.136. The normalized spacial score (nSPS) is 13.4. The number of ether oxygens (including phenoxy) is 2. The first-order valence-corrected chi connectivity index (χ1v) is 11.3. The molecule has 1 fully saturated rings. The van der Waals surface area contributed by atoms with Crippen LogP contribution in [0.5, 0.6) is 11.6 Å². The van der Waals surface area contributed by atoms with Crippen LogP contribution in [0.25, 0.3) is 5.69 Å². The van der Waals surface area contributed by atoms with Crippen LogP contribution in [0, 0.1) is 11.7 Å². The Balaban J connectivity index is 1.80. The van der Waals surface area contributed by atoms with Crippen LogP contribution >= 0.6 is 0 Å². The third-order valence-electron chi connectivity index (χ3n) is 5.67. The monoisotopic (exact) mass is 451 g/mol. The molecule has 0 unspecified atom stereocenters.